The average molecular weight is 429 g/mol. The van der Waals surface area contributed by atoms with Gasteiger partial charge in [-0.05, 0) is 38.0 Å². The Bertz CT molecular complexity index is 924. The van der Waals surface area contributed by atoms with Crippen LogP contribution in [0, 0.1) is 5.82 Å². The predicted molar refractivity (Wildman–Crippen MR) is 102 cm³/mol. The molecule has 164 valence electrons. The minimum absolute atomic E-state index is 0.0337. The molecule has 10 heteroatoms. The van der Waals surface area contributed by atoms with Crippen molar-refractivity contribution >= 4 is 5.91 Å². The number of rotatable bonds is 6. The fourth-order valence-corrected chi connectivity index (χ4v) is 2.75. The maximum atomic E-state index is 13.1. The van der Waals surface area contributed by atoms with Crippen LogP contribution in [0.3, 0.4) is 0 Å². The molecule has 0 unspecified atom stereocenters. The first-order valence-corrected chi connectivity index (χ1v) is 9.45. The van der Waals surface area contributed by atoms with E-state index in [0.717, 1.165) is 36.0 Å². The summed E-state index contributed by atoms with van der Waals surface area (Å²) in [5.41, 5.74) is 4.00. The summed E-state index contributed by atoms with van der Waals surface area (Å²) in [5.74, 6) is -1.52. The Morgan fingerprint density at radius 2 is 2.03 bits per heavy atom. The molecule has 0 radical (unpaired) electrons. The third kappa shape index (κ3) is 6.38. The Morgan fingerprint density at radius 1 is 1.33 bits per heavy atom. The van der Waals surface area contributed by atoms with Gasteiger partial charge in [0.2, 0.25) is 5.91 Å². The number of pyridine rings is 2. The number of carbonyl (C=O) groups is 1. The van der Waals surface area contributed by atoms with Crippen molar-refractivity contribution in [3.05, 3.63) is 63.6 Å². The predicted octanol–water partition coefficient (Wildman–Crippen LogP) is 3.49. The summed E-state index contributed by atoms with van der Waals surface area (Å²) < 4.78 is 56.1. The fourth-order valence-electron chi connectivity index (χ4n) is 2.75. The van der Waals surface area contributed by atoms with Crippen molar-refractivity contribution in [1.82, 2.24) is 9.55 Å². The number of alkyl halides is 3. The van der Waals surface area contributed by atoms with Gasteiger partial charge in [0.15, 0.2) is 5.82 Å². The van der Waals surface area contributed by atoms with Crippen LogP contribution in [0.5, 0.6) is 0 Å². The lowest BCUT2D eigenvalue weighted by molar-refractivity contribution is -0.141. The summed E-state index contributed by atoms with van der Waals surface area (Å²) in [6, 6.07) is 4.96. The van der Waals surface area contributed by atoms with Crippen LogP contribution in [0.1, 0.15) is 53.8 Å². The number of halogens is 4. The van der Waals surface area contributed by atoms with Crippen molar-refractivity contribution in [2.45, 2.75) is 44.8 Å². The van der Waals surface area contributed by atoms with Crippen LogP contribution >= 0.6 is 0 Å². The lowest BCUT2D eigenvalue weighted by Gasteiger charge is -2.25. The SMILES string of the molecule is CCOCCn1cc(C(N)=O)cc(F)c1=O.FC(F)(F)c1cccc(C2CCC2)n1. The second-order valence-corrected chi connectivity index (χ2v) is 6.71. The quantitative estimate of drug-likeness (QED) is 0.563. The van der Waals surface area contributed by atoms with Crippen LogP contribution < -0.4 is 11.3 Å². The molecule has 0 saturated heterocycles. The monoisotopic (exact) mass is 429 g/mol. The minimum atomic E-state index is -4.32. The topological polar surface area (TPSA) is 87.2 Å². The Balaban J connectivity index is 0.000000215. The van der Waals surface area contributed by atoms with Gasteiger partial charge in [-0.15, -0.1) is 0 Å². The molecule has 1 saturated carbocycles. The number of nitrogens with two attached hydrogens (primary N) is 1. The van der Waals surface area contributed by atoms with Crippen molar-refractivity contribution < 1.29 is 27.1 Å². The van der Waals surface area contributed by atoms with Gasteiger partial charge in [-0.2, -0.15) is 13.2 Å². The molecule has 0 aliphatic heterocycles. The van der Waals surface area contributed by atoms with Crippen molar-refractivity contribution in [2.75, 3.05) is 13.2 Å². The highest BCUT2D eigenvalue weighted by Gasteiger charge is 2.33. The van der Waals surface area contributed by atoms with Gasteiger partial charge in [0, 0.05) is 31.0 Å². The Kier molecular flexibility index (Phi) is 8.10. The second kappa shape index (κ2) is 10.3. The summed E-state index contributed by atoms with van der Waals surface area (Å²) in [7, 11) is 0. The zero-order chi connectivity index (χ0) is 22.3. The Morgan fingerprint density at radius 3 is 2.57 bits per heavy atom. The van der Waals surface area contributed by atoms with E-state index in [9.17, 15) is 27.2 Å². The first kappa shape index (κ1) is 23.5. The third-order valence-electron chi connectivity index (χ3n) is 4.59. The van der Waals surface area contributed by atoms with Gasteiger partial charge < -0.3 is 15.0 Å². The standard InChI is InChI=1S/C10H10F3N.C10H13FN2O3/c11-10(12,13)9-6-2-5-8(14-9)7-3-1-4-7;1-2-16-4-3-13-6-7(9(12)14)5-8(11)10(13)15/h2,5-7H,1,3-4H2;5-6H,2-4H2,1H3,(H2,12,14). The van der Waals surface area contributed by atoms with E-state index in [1.165, 1.54) is 12.3 Å². The lowest BCUT2D eigenvalue weighted by Crippen LogP contribution is -2.27. The van der Waals surface area contributed by atoms with E-state index in [0.29, 0.717) is 12.3 Å². The molecule has 1 aliphatic rings. The molecule has 2 aromatic heterocycles. The highest BCUT2D eigenvalue weighted by atomic mass is 19.4. The largest absolute Gasteiger partial charge is 0.433 e. The summed E-state index contributed by atoms with van der Waals surface area (Å²) in [5, 5.41) is 0. The molecule has 0 spiro atoms. The molecule has 0 bridgehead atoms. The number of aromatic nitrogens is 2. The smallest absolute Gasteiger partial charge is 0.380 e. The van der Waals surface area contributed by atoms with Crippen LogP contribution in [-0.2, 0) is 17.5 Å². The van der Waals surface area contributed by atoms with E-state index in [1.54, 1.807) is 6.07 Å². The van der Waals surface area contributed by atoms with Crippen LogP contribution in [0.25, 0.3) is 0 Å². The first-order chi connectivity index (χ1) is 14.1. The van der Waals surface area contributed by atoms with Crippen LogP contribution in [-0.4, -0.2) is 28.7 Å². The van der Waals surface area contributed by atoms with E-state index in [2.05, 4.69) is 4.98 Å². The van der Waals surface area contributed by atoms with Crippen LogP contribution in [0.4, 0.5) is 17.6 Å². The van der Waals surface area contributed by atoms with E-state index in [-0.39, 0.29) is 24.6 Å². The van der Waals surface area contributed by atoms with Gasteiger partial charge in [-0.1, -0.05) is 12.5 Å². The van der Waals surface area contributed by atoms with Gasteiger partial charge >= 0.3 is 6.18 Å². The fraction of sp³-hybridized carbons (Fsp3) is 0.450. The van der Waals surface area contributed by atoms with E-state index < -0.39 is 29.2 Å². The second-order valence-electron chi connectivity index (χ2n) is 6.71. The van der Waals surface area contributed by atoms with E-state index >= 15 is 0 Å². The third-order valence-corrected chi connectivity index (χ3v) is 4.59. The van der Waals surface area contributed by atoms with Gasteiger partial charge in [0.1, 0.15) is 5.69 Å². The number of hydrogen-bond acceptors (Lipinski definition) is 4. The zero-order valence-corrected chi connectivity index (χ0v) is 16.4. The molecule has 30 heavy (non-hydrogen) atoms. The minimum Gasteiger partial charge on any atom is -0.380 e. The van der Waals surface area contributed by atoms with Gasteiger partial charge in [-0.3, -0.25) is 9.59 Å². The first-order valence-electron chi connectivity index (χ1n) is 9.45. The molecule has 1 amide bonds. The summed E-state index contributed by atoms with van der Waals surface area (Å²) >= 11 is 0. The summed E-state index contributed by atoms with van der Waals surface area (Å²) in [6.07, 6.45) is -0.0578. The van der Waals surface area contributed by atoms with Crippen LogP contribution in [0.15, 0.2) is 35.3 Å². The molecule has 1 fully saturated rings. The number of amides is 1. The molecule has 2 N–H and O–H groups in total. The van der Waals surface area contributed by atoms with Crippen molar-refractivity contribution in [1.29, 1.82) is 0 Å². The van der Waals surface area contributed by atoms with Crippen LogP contribution in [0.2, 0.25) is 0 Å². The van der Waals surface area contributed by atoms with Gasteiger partial charge in [0.25, 0.3) is 5.56 Å². The summed E-state index contributed by atoms with van der Waals surface area (Å²) in [6.45, 7) is 2.78. The van der Waals surface area contributed by atoms with E-state index in [4.69, 9.17) is 10.5 Å². The van der Waals surface area contributed by atoms with Crippen molar-refractivity contribution in [3.8, 4) is 0 Å². The Labute approximate surface area is 170 Å². The summed E-state index contributed by atoms with van der Waals surface area (Å²) in [4.78, 5) is 25.8. The Hall–Kier alpha value is -2.75. The maximum absolute atomic E-state index is 13.1. The highest BCUT2D eigenvalue weighted by Crippen LogP contribution is 2.36. The molecule has 6 nitrogen and oxygen atoms in total. The van der Waals surface area contributed by atoms with Gasteiger partial charge in [0.05, 0.1) is 12.2 Å². The molecule has 0 aromatic carbocycles. The average Bonchev–Trinajstić information content (AvgIpc) is 2.64. The van der Waals surface area contributed by atoms with E-state index in [1.807, 2.05) is 6.92 Å². The van der Waals surface area contributed by atoms with Gasteiger partial charge in [-0.25, -0.2) is 9.37 Å². The molecule has 1 aliphatic carbocycles. The number of carbonyl (C=O) groups excluding carboxylic acids is 1. The van der Waals surface area contributed by atoms with Crippen molar-refractivity contribution in [3.63, 3.8) is 0 Å². The molecule has 2 aromatic rings. The molecule has 0 atom stereocenters. The molecule has 2 heterocycles. The zero-order valence-electron chi connectivity index (χ0n) is 16.4. The number of hydrogen-bond donors (Lipinski definition) is 1. The maximum Gasteiger partial charge on any atom is 0.433 e. The lowest BCUT2D eigenvalue weighted by atomic mass is 9.82. The molecular weight excluding hydrogens is 406 g/mol. The van der Waals surface area contributed by atoms with Crippen molar-refractivity contribution in [2.24, 2.45) is 5.73 Å². The molecule has 3 rings (SSSR count). The number of primary amides is 1. The number of nitrogens with zero attached hydrogens (tertiary/aromatic N) is 2. The molecular formula is C20H23F4N3O3. The highest BCUT2D eigenvalue weighted by molar-refractivity contribution is 5.92. The number of ether oxygens (including phenoxy) is 1. The normalized spacial score (nSPS) is 13.9.